The quantitative estimate of drug-likeness (QED) is 0.0261. The van der Waals surface area contributed by atoms with E-state index in [2.05, 4.69) is 81.5 Å². The standard InChI is InChI=1S/C67H120O6/c1-4-7-10-13-16-19-22-25-28-31-32-33-34-37-39-42-45-48-51-54-57-60-66(69)72-63-64(73-67(70)61-58-55-52-49-46-43-40-36-30-27-24-21-18-15-12-9-6-3)62-71-65(68)59-56-53-50-47-44-41-38-35-29-26-23-20-17-14-11-8-5-2/h8,11,17,20,26,29,38,41,47,50,64H,4-7,9-10,12-16,18-19,21-25,27-28,30-37,39-40,42-46,48-49,51-63H2,1-3H3/b11-8-,20-17-,29-26-,41-38-,50-47-/t64-/m1/s1. The predicted octanol–water partition coefficient (Wildman–Crippen LogP) is 21.6. The zero-order valence-electron chi connectivity index (χ0n) is 48.7. The summed E-state index contributed by atoms with van der Waals surface area (Å²) in [4.78, 5) is 38.3. The van der Waals surface area contributed by atoms with Crippen LogP contribution in [0.25, 0.3) is 0 Å². The van der Waals surface area contributed by atoms with Gasteiger partial charge in [0.05, 0.1) is 0 Å². The van der Waals surface area contributed by atoms with Crippen LogP contribution in [0.15, 0.2) is 60.8 Å². The lowest BCUT2D eigenvalue weighted by Gasteiger charge is -2.18. The summed E-state index contributed by atoms with van der Waals surface area (Å²) in [5.41, 5.74) is 0. The largest absolute Gasteiger partial charge is 0.462 e. The van der Waals surface area contributed by atoms with Crippen molar-refractivity contribution in [2.75, 3.05) is 13.2 Å². The number of unbranched alkanes of at least 4 members (excludes halogenated alkanes) is 37. The molecule has 0 heterocycles. The smallest absolute Gasteiger partial charge is 0.306 e. The van der Waals surface area contributed by atoms with Crippen molar-refractivity contribution in [3.63, 3.8) is 0 Å². The normalized spacial score (nSPS) is 12.4. The Kier molecular flexibility index (Phi) is 59.2. The van der Waals surface area contributed by atoms with Crippen LogP contribution in [0.5, 0.6) is 0 Å². The Hall–Kier alpha value is -2.89. The molecule has 0 spiro atoms. The summed E-state index contributed by atoms with van der Waals surface area (Å²) < 4.78 is 16.9. The molecule has 0 aromatic heterocycles. The number of rotatable bonds is 58. The van der Waals surface area contributed by atoms with E-state index >= 15 is 0 Å². The molecule has 424 valence electrons. The summed E-state index contributed by atoms with van der Waals surface area (Å²) in [7, 11) is 0. The summed E-state index contributed by atoms with van der Waals surface area (Å²) in [6, 6.07) is 0. The average molecular weight is 1020 g/mol. The molecular formula is C67H120O6. The number of hydrogen-bond acceptors (Lipinski definition) is 6. The Bertz CT molecular complexity index is 1310. The maximum absolute atomic E-state index is 12.9. The highest BCUT2D eigenvalue weighted by molar-refractivity contribution is 5.71. The van der Waals surface area contributed by atoms with E-state index in [1.54, 1.807) is 0 Å². The first kappa shape index (κ1) is 70.1. The highest BCUT2D eigenvalue weighted by Crippen LogP contribution is 2.18. The number of esters is 3. The first-order valence-electron chi connectivity index (χ1n) is 31.8. The third-order valence-electron chi connectivity index (χ3n) is 14.0. The molecule has 0 saturated carbocycles. The molecule has 73 heavy (non-hydrogen) atoms. The molecule has 0 saturated heterocycles. The molecule has 0 radical (unpaired) electrons. The van der Waals surface area contributed by atoms with Crippen LogP contribution in [0.3, 0.4) is 0 Å². The van der Waals surface area contributed by atoms with Gasteiger partial charge in [-0.3, -0.25) is 14.4 Å². The molecule has 0 amide bonds. The summed E-state index contributed by atoms with van der Waals surface area (Å²) in [5, 5.41) is 0. The van der Waals surface area contributed by atoms with Crippen molar-refractivity contribution in [2.45, 2.75) is 335 Å². The molecule has 0 bridgehead atoms. The first-order chi connectivity index (χ1) is 36.0. The van der Waals surface area contributed by atoms with Gasteiger partial charge in [-0.15, -0.1) is 0 Å². The summed E-state index contributed by atoms with van der Waals surface area (Å²) in [5.74, 6) is -0.927. The van der Waals surface area contributed by atoms with E-state index in [4.69, 9.17) is 14.2 Å². The van der Waals surface area contributed by atoms with Gasteiger partial charge in [0.2, 0.25) is 0 Å². The number of carbonyl (C=O) groups is 3. The van der Waals surface area contributed by atoms with Crippen LogP contribution >= 0.6 is 0 Å². The van der Waals surface area contributed by atoms with E-state index in [-0.39, 0.29) is 37.5 Å². The van der Waals surface area contributed by atoms with E-state index in [0.29, 0.717) is 19.3 Å². The van der Waals surface area contributed by atoms with Gasteiger partial charge in [0, 0.05) is 19.3 Å². The topological polar surface area (TPSA) is 78.9 Å². The van der Waals surface area contributed by atoms with Crippen molar-refractivity contribution < 1.29 is 28.6 Å². The van der Waals surface area contributed by atoms with Crippen molar-refractivity contribution in [1.82, 2.24) is 0 Å². The second kappa shape index (κ2) is 61.7. The minimum atomic E-state index is -0.795. The summed E-state index contributed by atoms with van der Waals surface area (Å²) in [6.07, 6.45) is 78.1. The molecule has 0 rings (SSSR count). The van der Waals surface area contributed by atoms with Crippen LogP contribution in [0, 0.1) is 0 Å². The van der Waals surface area contributed by atoms with Gasteiger partial charge in [-0.2, -0.15) is 0 Å². The van der Waals surface area contributed by atoms with Crippen LogP contribution in [-0.4, -0.2) is 37.2 Å². The molecule has 0 fully saturated rings. The van der Waals surface area contributed by atoms with Crippen LogP contribution < -0.4 is 0 Å². The lowest BCUT2D eigenvalue weighted by atomic mass is 10.0. The van der Waals surface area contributed by atoms with E-state index in [0.717, 1.165) is 77.0 Å². The molecule has 0 aliphatic rings. The first-order valence-corrected chi connectivity index (χ1v) is 31.8. The molecule has 6 heteroatoms. The van der Waals surface area contributed by atoms with Crippen molar-refractivity contribution in [1.29, 1.82) is 0 Å². The number of allylic oxidation sites excluding steroid dienone is 10. The lowest BCUT2D eigenvalue weighted by Crippen LogP contribution is -2.30. The maximum Gasteiger partial charge on any atom is 0.306 e. The molecule has 0 N–H and O–H groups in total. The fraction of sp³-hybridized carbons (Fsp3) is 0.806. The Morgan fingerprint density at radius 1 is 0.288 bits per heavy atom. The van der Waals surface area contributed by atoms with Crippen molar-refractivity contribution in [2.24, 2.45) is 0 Å². The number of hydrogen-bond donors (Lipinski definition) is 0. The molecule has 0 aromatic rings. The maximum atomic E-state index is 12.9. The van der Waals surface area contributed by atoms with Gasteiger partial charge in [-0.05, 0) is 57.8 Å². The Morgan fingerprint density at radius 3 is 0.836 bits per heavy atom. The van der Waals surface area contributed by atoms with Gasteiger partial charge >= 0.3 is 17.9 Å². The fourth-order valence-electron chi connectivity index (χ4n) is 9.31. The van der Waals surface area contributed by atoms with Crippen LogP contribution in [0.4, 0.5) is 0 Å². The third kappa shape index (κ3) is 59.9. The van der Waals surface area contributed by atoms with Crippen LogP contribution in [0.1, 0.15) is 329 Å². The lowest BCUT2D eigenvalue weighted by molar-refractivity contribution is -0.167. The second-order valence-electron chi connectivity index (χ2n) is 21.3. The zero-order chi connectivity index (χ0) is 52.9. The van der Waals surface area contributed by atoms with E-state index in [1.165, 1.54) is 205 Å². The van der Waals surface area contributed by atoms with Gasteiger partial charge < -0.3 is 14.2 Å². The van der Waals surface area contributed by atoms with Crippen LogP contribution in [-0.2, 0) is 28.6 Å². The minimum Gasteiger partial charge on any atom is -0.462 e. The highest BCUT2D eigenvalue weighted by Gasteiger charge is 2.19. The molecule has 0 aromatic carbocycles. The molecule has 0 aliphatic carbocycles. The fourth-order valence-corrected chi connectivity index (χ4v) is 9.31. The Balaban J connectivity index is 4.38. The second-order valence-corrected chi connectivity index (χ2v) is 21.3. The average Bonchev–Trinajstić information content (AvgIpc) is 3.39. The molecule has 6 nitrogen and oxygen atoms in total. The minimum absolute atomic E-state index is 0.0871. The SMILES string of the molecule is CC/C=C\C/C=C\C/C=C\C/C=C\C/C=C\CCCC(=O)OC[C@H](COC(=O)CCCCCCCCCCCCCCCCCCCCCCC)OC(=O)CCCCCCCCCCCCCCCCCCC. The molecule has 1 atom stereocenters. The zero-order valence-corrected chi connectivity index (χ0v) is 48.7. The van der Waals surface area contributed by atoms with Gasteiger partial charge in [0.15, 0.2) is 6.10 Å². The molecule has 0 aliphatic heterocycles. The van der Waals surface area contributed by atoms with Gasteiger partial charge in [0.25, 0.3) is 0 Å². The molecular weight excluding hydrogens is 901 g/mol. The van der Waals surface area contributed by atoms with Gasteiger partial charge in [-0.25, -0.2) is 0 Å². The highest BCUT2D eigenvalue weighted by atomic mass is 16.6. The van der Waals surface area contributed by atoms with Crippen molar-refractivity contribution in [3.8, 4) is 0 Å². The summed E-state index contributed by atoms with van der Waals surface area (Å²) in [6.45, 7) is 6.54. The summed E-state index contributed by atoms with van der Waals surface area (Å²) >= 11 is 0. The predicted molar refractivity (Wildman–Crippen MR) is 316 cm³/mol. The van der Waals surface area contributed by atoms with Crippen LogP contribution in [0.2, 0.25) is 0 Å². The van der Waals surface area contributed by atoms with E-state index in [1.807, 2.05) is 0 Å². The number of ether oxygens (including phenoxy) is 3. The van der Waals surface area contributed by atoms with E-state index < -0.39 is 6.10 Å². The van der Waals surface area contributed by atoms with Gasteiger partial charge in [-0.1, -0.05) is 313 Å². The Morgan fingerprint density at radius 2 is 0.534 bits per heavy atom. The van der Waals surface area contributed by atoms with Gasteiger partial charge in [0.1, 0.15) is 13.2 Å². The molecule has 0 unspecified atom stereocenters. The monoisotopic (exact) mass is 1020 g/mol. The Labute approximate surface area is 453 Å². The van der Waals surface area contributed by atoms with Crippen molar-refractivity contribution >= 4 is 17.9 Å². The van der Waals surface area contributed by atoms with E-state index in [9.17, 15) is 14.4 Å². The van der Waals surface area contributed by atoms with Crippen molar-refractivity contribution in [3.05, 3.63) is 60.8 Å². The number of carbonyl (C=O) groups excluding carboxylic acids is 3. The third-order valence-corrected chi connectivity index (χ3v) is 14.0.